The first-order chi connectivity index (χ1) is 11.6. The third-order valence-electron chi connectivity index (χ3n) is 3.94. The summed E-state index contributed by atoms with van der Waals surface area (Å²) in [6.45, 7) is 1.65. The summed E-state index contributed by atoms with van der Waals surface area (Å²) in [6, 6.07) is 0. The molecule has 0 fully saturated rings. The molecule has 3 N–H and O–H groups in total. The van der Waals surface area contributed by atoms with Crippen molar-refractivity contribution in [1.29, 1.82) is 0 Å². The van der Waals surface area contributed by atoms with Gasteiger partial charge in [0.2, 0.25) is 5.91 Å². The number of hydrogen-bond donors (Lipinski definition) is 3. The predicted molar refractivity (Wildman–Crippen MR) is 87.2 cm³/mol. The first-order valence-electron chi connectivity index (χ1n) is 8.40. The Balaban J connectivity index is 2.07. The van der Waals surface area contributed by atoms with Crippen LogP contribution in [0.5, 0.6) is 0 Å². The number of ketones is 2. The third kappa shape index (κ3) is 7.81. The zero-order chi connectivity index (χ0) is 17.8. The molecule has 0 bridgehead atoms. The van der Waals surface area contributed by atoms with Crippen molar-refractivity contribution < 1.29 is 29.3 Å². The quantitative estimate of drug-likeness (QED) is 0.321. The Labute approximate surface area is 142 Å². The maximum absolute atomic E-state index is 11.7. The number of aliphatic hydroxyl groups excluding tert-OH is 2. The van der Waals surface area contributed by atoms with Gasteiger partial charge in [0.15, 0.2) is 11.6 Å². The summed E-state index contributed by atoms with van der Waals surface area (Å²) in [7, 11) is 0. The van der Waals surface area contributed by atoms with Gasteiger partial charge in [-0.1, -0.05) is 0 Å². The largest absolute Gasteiger partial charge is 0.396 e. The Bertz CT molecular complexity index is 430. The monoisotopic (exact) mass is 341 g/mol. The van der Waals surface area contributed by atoms with Crippen LogP contribution in [0, 0.1) is 11.8 Å². The predicted octanol–water partition coefficient (Wildman–Crippen LogP) is -0.00530. The molecule has 0 spiro atoms. The molecule has 0 aromatic carbocycles. The topological polar surface area (TPSA) is 113 Å². The van der Waals surface area contributed by atoms with Crippen molar-refractivity contribution in [2.24, 2.45) is 11.8 Å². The molecule has 1 atom stereocenters. The summed E-state index contributed by atoms with van der Waals surface area (Å²) >= 11 is 0. The number of nitrogens with one attached hydrogen (secondary N) is 1. The second-order valence-electron chi connectivity index (χ2n) is 5.92. The fourth-order valence-corrected chi connectivity index (χ4v) is 2.52. The highest BCUT2D eigenvalue weighted by molar-refractivity contribution is 6.19. The lowest BCUT2D eigenvalue weighted by Gasteiger charge is -2.15. The van der Waals surface area contributed by atoms with Gasteiger partial charge in [0.05, 0.1) is 5.92 Å². The van der Waals surface area contributed by atoms with E-state index in [-0.39, 0.29) is 43.0 Å². The summed E-state index contributed by atoms with van der Waals surface area (Å²) in [5, 5.41) is 20.5. The lowest BCUT2D eigenvalue weighted by atomic mass is 10.0. The normalized spacial score (nSPS) is 15.9. The number of amides is 1. The molecular formula is C17H27NO6. The molecule has 0 radical (unpaired) electrons. The molecule has 7 heteroatoms. The third-order valence-corrected chi connectivity index (χ3v) is 3.94. The molecular weight excluding hydrogens is 314 g/mol. The van der Waals surface area contributed by atoms with Gasteiger partial charge in [-0.2, -0.15) is 0 Å². The van der Waals surface area contributed by atoms with E-state index < -0.39 is 5.92 Å². The average Bonchev–Trinajstić information content (AvgIpc) is 2.87. The van der Waals surface area contributed by atoms with Crippen molar-refractivity contribution in [2.75, 3.05) is 33.0 Å². The molecule has 0 heterocycles. The van der Waals surface area contributed by atoms with Gasteiger partial charge in [-0.15, -0.1) is 0 Å². The molecule has 0 saturated carbocycles. The van der Waals surface area contributed by atoms with E-state index in [1.807, 2.05) is 0 Å². The van der Waals surface area contributed by atoms with E-state index in [4.69, 9.17) is 14.9 Å². The highest BCUT2D eigenvalue weighted by Gasteiger charge is 2.29. The van der Waals surface area contributed by atoms with Gasteiger partial charge >= 0.3 is 0 Å². The van der Waals surface area contributed by atoms with Crippen LogP contribution in [0.4, 0.5) is 0 Å². The van der Waals surface area contributed by atoms with Gasteiger partial charge in [0, 0.05) is 39.4 Å². The van der Waals surface area contributed by atoms with Crippen molar-refractivity contribution in [3.8, 4) is 0 Å². The summed E-state index contributed by atoms with van der Waals surface area (Å²) in [5.41, 5.74) is 0. The maximum Gasteiger partial charge on any atom is 0.221 e. The van der Waals surface area contributed by atoms with E-state index in [9.17, 15) is 14.4 Å². The molecule has 7 nitrogen and oxygen atoms in total. The smallest absolute Gasteiger partial charge is 0.221 e. The van der Waals surface area contributed by atoms with Gasteiger partial charge in [0.1, 0.15) is 0 Å². The molecule has 1 aliphatic carbocycles. The molecule has 0 aliphatic heterocycles. The van der Waals surface area contributed by atoms with Gasteiger partial charge in [0.25, 0.3) is 0 Å². The standard InChI is InChI=1S/C17H27NO6/c19-8-1-3-13(6-9-20)12-24-10-2-7-18-17(23)11-14-15(21)4-5-16(14)22/h4-5,13-14,19-20H,1-3,6-12H2,(H,18,23). The second kappa shape index (κ2) is 11.9. The fraction of sp³-hybridized carbons (Fsp3) is 0.706. The zero-order valence-corrected chi connectivity index (χ0v) is 13.9. The summed E-state index contributed by atoms with van der Waals surface area (Å²) < 4.78 is 5.53. The van der Waals surface area contributed by atoms with Gasteiger partial charge in [-0.05, 0) is 43.8 Å². The summed E-state index contributed by atoms with van der Waals surface area (Å²) in [6.07, 6.45) is 5.10. The van der Waals surface area contributed by atoms with Gasteiger partial charge < -0.3 is 20.3 Å². The lowest BCUT2D eigenvalue weighted by Crippen LogP contribution is -2.30. The molecule has 1 rings (SSSR count). The Morgan fingerprint density at radius 3 is 2.46 bits per heavy atom. The van der Waals surface area contributed by atoms with Crippen molar-refractivity contribution in [1.82, 2.24) is 5.32 Å². The fourth-order valence-electron chi connectivity index (χ4n) is 2.52. The number of carbonyl (C=O) groups is 3. The molecule has 0 saturated heterocycles. The Hall–Kier alpha value is -1.57. The zero-order valence-electron chi connectivity index (χ0n) is 13.9. The Kier molecular flexibility index (Phi) is 10.1. The minimum atomic E-state index is -0.855. The van der Waals surface area contributed by atoms with Crippen molar-refractivity contribution >= 4 is 17.5 Å². The molecule has 0 aromatic heterocycles. The lowest BCUT2D eigenvalue weighted by molar-refractivity contribution is -0.131. The second-order valence-corrected chi connectivity index (χ2v) is 5.92. The van der Waals surface area contributed by atoms with E-state index in [2.05, 4.69) is 5.32 Å². The van der Waals surface area contributed by atoms with E-state index in [1.54, 1.807) is 0 Å². The molecule has 1 aliphatic rings. The summed E-state index contributed by atoms with van der Waals surface area (Å²) in [4.78, 5) is 34.5. The minimum Gasteiger partial charge on any atom is -0.396 e. The van der Waals surface area contributed by atoms with Crippen molar-refractivity contribution in [3.05, 3.63) is 12.2 Å². The van der Waals surface area contributed by atoms with Crippen molar-refractivity contribution in [2.45, 2.75) is 32.1 Å². The van der Waals surface area contributed by atoms with E-state index in [1.165, 1.54) is 12.2 Å². The van der Waals surface area contributed by atoms with Crippen LogP contribution in [-0.4, -0.2) is 60.7 Å². The van der Waals surface area contributed by atoms with Crippen molar-refractivity contribution in [3.63, 3.8) is 0 Å². The first-order valence-corrected chi connectivity index (χ1v) is 8.40. The maximum atomic E-state index is 11.7. The van der Waals surface area contributed by atoms with Crippen LogP contribution in [0.2, 0.25) is 0 Å². The van der Waals surface area contributed by atoms with Crippen LogP contribution >= 0.6 is 0 Å². The van der Waals surface area contributed by atoms with E-state index >= 15 is 0 Å². The van der Waals surface area contributed by atoms with Crippen LogP contribution in [-0.2, 0) is 19.1 Å². The minimum absolute atomic E-state index is 0.100. The van der Waals surface area contributed by atoms with Crippen LogP contribution in [0.1, 0.15) is 32.1 Å². The van der Waals surface area contributed by atoms with E-state index in [0.717, 1.165) is 6.42 Å². The van der Waals surface area contributed by atoms with Gasteiger partial charge in [-0.25, -0.2) is 0 Å². The SMILES string of the molecule is O=C(CC1C(=O)C=CC1=O)NCCCOCC(CCO)CCCO. The first kappa shape index (κ1) is 20.5. The number of hydrogen-bond acceptors (Lipinski definition) is 6. The highest BCUT2D eigenvalue weighted by atomic mass is 16.5. The number of allylic oxidation sites excluding steroid dienone is 2. The Morgan fingerprint density at radius 1 is 1.12 bits per heavy atom. The van der Waals surface area contributed by atoms with Gasteiger partial charge in [-0.3, -0.25) is 14.4 Å². The molecule has 1 unspecified atom stereocenters. The number of rotatable bonds is 13. The number of ether oxygens (including phenoxy) is 1. The Morgan fingerprint density at radius 2 is 1.83 bits per heavy atom. The number of aliphatic hydroxyl groups is 2. The molecule has 136 valence electrons. The van der Waals surface area contributed by atoms with Crippen LogP contribution in [0.15, 0.2) is 12.2 Å². The average molecular weight is 341 g/mol. The summed E-state index contributed by atoms with van der Waals surface area (Å²) in [5.74, 6) is -1.56. The highest BCUT2D eigenvalue weighted by Crippen LogP contribution is 2.14. The van der Waals surface area contributed by atoms with Crippen LogP contribution in [0.25, 0.3) is 0 Å². The molecule has 0 aromatic rings. The van der Waals surface area contributed by atoms with Crippen LogP contribution < -0.4 is 5.32 Å². The van der Waals surface area contributed by atoms with E-state index in [0.29, 0.717) is 39.0 Å². The van der Waals surface area contributed by atoms with Crippen LogP contribution in [0.3, 0.4) is 0 Å². The molecule has 24 heavy (non-hydrogen) atoms. The number of carbonyl (C=O) groups excluding carboxylic acids is 3. The molecule has 1 amide bonds.